The normalized spacial score (nSPS) is 15.6. The van der Waals surface area contributed by atoms with E-state index >= 15 is 0 Å². The van der Waals surface area contributed by atoms with E-state index in [0.717, 1.165) is 30.2 Å². The lowest BCUT2D eigenvalue weighted by Gasteiger charge is -2.29. The van der Waals surface area contributed by atoms with Gasteiger partial charge in [0.05, 0.1) is 5.69 Å². The number of rotatable bonds is 4. The lowest BCUT2D eigenvalue weighted by Crippen LogP contribution is -2.38. The molecule has 1 amide bonds. The molecule has 2 aromatic heterocycles. The second kappa shape index (κ2) is 7.68. The van der Waals surface area contributed by atoms with Gasteiger partial charge >= 0.3 is 0 Å². The van der Waals surface area contributed by atoms with Crippen molar-refractivity contribution in [3.05, 3.63) is 53.5 Å². The number of aryl methyl sites for hydroxylation is 1. The average Bonchev–Trinajstić information content (AvgIpc) is 3.29. The number of amides is 1. The molecule has 8 nitrogen and oxygen atoms in total. The van der Waals surface area contributed by atoms with Crippen LogP contribution in [-0.2, 0) is 13.1 Å². The number of aromatic nitrogens is 4. The Morgan fingerprint density at radius 2 is 1.90 bits per heavy atom. The summed E-state index contributed by atoms with van der Waals surface area (Å²) in [6.45, 7) is 10.2. The molecule has 0 radical (unpaired) electrons. The van der Waals surface area contributed by atoms with Crippen LogP contribution in [0.2, 0.25) is 0 Å². The van der Waals surface area contributed by atoms with Crippen LogP contribution in [0.3, 0.4) is 0 Å². The van der Waals surface area contributed by atoms with Crippen LogP contribution in [0, 0.1) is 12.3 Å². The van der Waals surface area contributed by atoms with Gasteiger partial charge < -0.3 is 14.3 Å². The zero-order valence-corrected chi connectivity index (χ0v) is 18.1. The second-order valence-electron chi connectivity index (χ2n) is 8.92. The van der Waals surface area contributed by atoms with Gasteiger partial charge in [-0.25, -0.2) is 4.98 Å². The molecule has 0 aliphatic carbocycles. The summed E-state index contributed by atoms with van der Waals surface area (Å²) in [7, 11) is 2.06. The Balaban J connectivity index is 1.72. The molecule has 3 aromatic rings. The first-order valence-corrected chi connectivity index (χ1v) is 10.2. The Labute approximate surface area is 176 Å². The van der Waals surface area contributed by atoms with Crippen molar-refractivity contribution in [2.45, 2.75) is 46.8 Å². The van der Waals surface area contributed by atoms with Crippen LogP contribution >= 0.6 is 0 Å². The van der Waals surface area contributed by atoms with Crippen LogP contribution in [0.1, 0.15) is 54.8 Å². The third-order valence-electron chi connectivity index (χ3n) is 5.37. The highest BCUT2D eigenvalue weighted by Crippen LogP contribution is 2.33. The largest absolute Gasteiger partial charge is 0.423 e. The van der Waals surface area contributed by atoms with E-state index in [-0.39, 0.29) is 11.3 Å². The van der Waals surface area contributed by atoms with Gasteiger partial charge in [0.1, 0.15) is 11.9 Å². The molecule has 0 unspecified atom stereocenters. The first kappa shape index (κ1) is 20.3. The molecule has 1 atom stereocenters. The molecule has 0 saturated carbocycles. The van der Waals surface area contributed by atoms with Crippen LogP contribution < -0.4 is 5.32 Å². The topological polar surface area (TPSA) is 89.1 Å². The van der Waals surface area contributed by atoms with Gasteiger partial charge in [0.15, 0.2) is 5.69 Å². The highest BCUT2D eigenvalue weighted by atomic mass is 16.4. The monoisotopic (exact) mass is 408 g/mol. The Kier molecular flexibility index (Phi) is 5.19. The molecule has 1 aliphatic rings. The zero-order chi connectivity index (χ0) is 21.5. The SMILES string of the molecule is Cc1nnc([C@@H](NC(=O)c2nc(-c3ccccc3)n3c2CN(C)CC3)C(C)(C)C)o1. The summed E-state index contributed by atoms with van der Waals surface area (Å²) >= 11 is 0. The van der Waals surface area contributed by atoms with Gasteiger partial charge in [-0.05, 0) is 12.5 Å². The van der Waals surface area contributed by atoms with Gasteiger partial charge in [-0.15, -0.1) is 10.2 Å². The van der Waals surface area contributed by atoms with Gasteiger partial charge in [-0.2, -0.15) is 0 Å². The van der Waals surface area contributed by atoms with E-state index in [1.165, 1.54) is 0 Å². The van der Waals surface area contributed by atoms with Crippen LogP contribution in [-0.4, -0.2) is 44.1 Å². The molecule has 158 valence electrons. The fraction of sp³-hybridized carbons (Fsp3) is 0.455. The maximum Gasteiger partial charge on any atom is 0.272 e. The van der Waals surface area contributed by atoms with Gasteiger partial charge in [0, 0.05) is 32.1 Å². The molecule has 1 aromatic carbocycles. The lowest BCUT2D eigenvalue weighted by molar-refractivity contribution is 0.0877. The van der Waals surface area contributed by atoms with E-state index < -0.39 is 6.04 Å². The lowest BCUT2D eigenvalue weighted by atomic mass is 9.86. The summed E-state index contributed by atoms with van der Waals surface area (Å²) in [4.78, 5) is 20.4. The number of carbonyl (C=O) groups is 1. The Hall–Kier alpha value is -3.00. The van der Waals surface area contributed by atoms with Gasteiger partial charge in [-0.1, -0.05) is 51.1 Å². The molecule has 30 heavy (non-hydrogen) atoms. The van der Waals surface area contributed by atoms with Crippen LogP contribution in [0.4, 0.5) is 0 Å². The number of fused-ring (bicyclic) bond motifs is 1. The van der Waals surface area contributed by atoms with Crippen molar-refractivity contribution in [1.82, 2.24) is 30.0 Å². The fourth-order valence-electron chi connectivity index (χ4n) is 3.76. The van der Waals surface area contributed by atoms with Gasteiger partial charge in [0.25, 0.3) is 5.91 Å². The van der Waals surface area contributed by atoms with E-state index in [0.29, 0.717) is 24.0 Å². The van der Waals surface area contributed by atoms with Crippen molar-refractivity contribution in [1.29, 1.82) is 0 Å². The van der Waals surface area contributed by atoms with E-state index in [1.54, 1.807) is 6.92 Å². The number of carbonyl (C=O) groups excluding carboxylic acids is 1. The molecule has 0 fully saturated rings. The highest BCUT2D eigenvalue weighted by molar-refractivity contribution is 5.94. The van der Waals surface area contributed by atoms with Crippen molar-refractivity contribution >= 4 is 5.91 Å². The number of imidazole rings is 1. The summed E-state index contributed by atoms with van der Waals surface area (Å²) in [6.07, 6.45) is 0. The summed E-state index contributed by atoms with van der Waals surface area (Å²) in [5.41, 5.74) is 2.07. The Morgan fingerprint density at radius 1 is 1.17 bits per heavy atom. The molecule has 8 heteroatoms. The first-order chi connectivity index (χ1) is 14.2. The Bertz CT molecular complexity index is 1050. The maximum absolute atomic E-state index is 13.4. The third-order valence-corrected chi connectivity index (χ3v) is 5.37. The summed E-state index contributed by atoms with van der Waals surface area (Å²) in [5, 5.41) is 11.2. The number of hydrogen-bond acceptors (Lipinski definition) is 6. The predicted octanol–water partition coefficient (Wildman–Crippen LogP) is 3.20. The van der Waals surface area contributed by atoms with Gasteiger partial charge in [0.2, 0.25) is 11.8 Å². The van der Waals surface area contributed by atoms with Crippen LogP contribution in [0.15, 0.2) is 34.7 Å². The van der Waals surface area contributed by atoms with Crippen LogP contribution in [0.5, 0.6) is 0 Å². The molecule has 0 saturated heterocycles. The van der Waals surface area contributed by atoms with Crippen molar-refractivity contribution in [2.75, 3.05) is 13.6 Å². The third kappa shape index (κ3) is 3.87. The minimum absolute atomic E-state index is 0.230. The van der Waals surface area contributed by atoms with E-state index in [9.17, 15) is 4.79 Å². The maximum atomic E-state index is 13.4. The van der Waals surface area contributed by atoms with Crippen LogP contribution in [0.25, 0.3) is 11.4 Å². The number of nitrogens with one attached hydrogen (secondary N) is 1. The fourth-order valence-corrected chi connectivity index (χ4v) is 3.76. The molecular weight excluding hydrogens is 380 g/mol. The standard InChI is InChI=1S/C22H28N6O2/c1-14-25-26-21(30-14)18(22(2,3)4)24-20(29)17-16-13-27(5)11-12-28(16)19(23-17)15-9-7-6-8-10-15/h6-10,18H,11-13H2,1-5H3,(H,24,29)/t18-/m1/s1. The molecule has 3 heterocycles. The quantitative estimate of drug-likeness (QED) is 0.713. The number of nitrogens with zero attached hydrogens (tertiary/aromatic N) is 5. The number of benzene rings is 1. The molecule has 1 aliphatic heterocycles. The molecule has 1 N–H and O–H groups in total. The minimum Gasteiger partial charge on any atom is -0.423 e. The average molecular weight is 409 g/mol. The predicted molar refractivity (Wildman–Crippen MR) is 113 cm³/mol. The van der Waals surface area contributed by atoms with E-state index in [1.807, 2.05) is 51.1 Å². The summed E-state index contributed by atoms with van der Waals surface area (Å²) in [5.74, 6) is 1.47. The van der Waals surface area contributed by atoms with Crippen molar-refractivity contribution in [3.8, 4) is 11.4 Å². The zero-order valence-electron chi connectivity index (χ0n) is 18.1. The number of likely N-dealkylation sites (N-methyl/N-ethyl adjacent to an activating group) is 1. The molecule has 0 bridgehead atoms. The molecule has 4 rings (SSSR count). The molecule has 0 spiro atoms. The second-order valence-corrected chi connectivity index (χ2v) is 8.92. The Morgan fingerprint density at radius 3 is 2.53 bits per heavy atom. The summed E-state index contributed by atoms with van der Waals surface area (Å²) < 4.78 is 7.80. The van der Waals surface area contributed by atoms with E-state index in [4.69, 9.17) is 9.40 Å². The first-order valence-electron chi connectivity index (χ1n) is 10.2. The highest BCUT2D eigenvalue weighted by Gasteiger charge is 2.35. The smallest absolute Gasteiger partial charge is 0.272 e. The van der Waals surface area contributed by atoms with Crippen molar-refractivity contribution in [3.63, 3.8) is 0 Å². The minimum atomic E-state index is -0.426. The van der Waals surface area contributed by atoms with Gasteiger partial charge in [-0.3, -0.25) is 9.69 Å². The summed E-state index contributed by atoms with van der Waals surface area (Å²) in [6, 6.07) is 9.57. The molecular formula is C22H28N6O2. The number of hydrogen-bond donors (Lipinski definition) is 1. The van der Waals surface area contributed by atoms with Crippen molar-refractivity contribution < 1.29 is 9.21 Å². The van der Waals surface area contributed by atoms with E-state index in [2.05, 4.69) is 32.0 Å². The van der Waals surface area contributed by atoms with Crippen molar-refractivity contribution in [2.24, 2.45) is 5.41 Å².